The van der Waals surface area contributed by atoms with E-state index in [2.05, 4.69) is 12.1 Å². The van der Waals surface area contributed by atoms with Gasteiger partial charge in [-0.15, -0.1) is 0 Å². The Balaban J connectivity index is 2.31. The molecule has 0 N–H and O–H groups in total. The van der Waals surface area contributed by atoms with Crippen LogP contribution in [0.2, 0.25) is 0 Å². The number of benzene rings is 2. The van der Waals surface area contributed by atoms with Gasteiger partial charge in [-0.2, -0.15) is 0 Å². The van der Waals surface area contributed by atoms with Crippen molar-refractivity contribution in [3.63, 3.8) is 0 Å². The molecule has 0 unspecified atom stereocenters. The van der Waals surface area contributed by atoms with E-state index in [0.717, 1.165) is 11.5 Å². The highest BCUT2D eigenvalue weighted by atomic mass is 28.2. The molecule has 0 heterocycles. The molecule has 0 atom stereocenters. The van der Waals surface area contributed by atoms with Crippen LogP contribution >= 0.6 is 0 Å². The van der Waals surface area contributed by atoms with Crippen molar-refractivity contribution in [2.45, 2.75) is 0 Å². The van der Waals surface area contributed by atoms with Gasteiger partial charge in [-0.3, -0.25) is 0 Å². The van der Waals surface area contributed by atoms with E-state index < -0.39 is 0 Å². The maximum absolute atomic E-state index is 5.36. The van der Waals surface area contributed by atoms with Gasteiger partial charge < -0.3 is 9.47 Å². The molecule has 0 aromatic heterocycles. The second kappa shape index (κ2) is 5.55. The van der Waals surface area contributed by atoms with Crippen LogP contribution in [0, 0.1) is 0 Å². The first-order valence-corrected chi connectivity index (χ1v) is 6.38. The highest BCUT2D eigenvalue weighted by Crippen LogP contribution is 2.08. The van der Waals surface area contributed by atoms with Gasteiger partial charge in [-0.1, -0.05) is 36.4 Å². The smallest absolute Gasteiger partial charge is 0.131 e. The third kappa shape index (κ3) is 2.68. The predicted octanol–water partition coefficient (Wildman–Crippen LogP) is 1.36. The van der Waals surface area contributed by atoms with Crippen molar-refractivity contribution in [2.75, 3.05) is 14.2 Å². The largest absolute Gasteiger partial charge is 0.497 e. The minimum Gasteiger partial charge on any atom is -0.497 e. The summed E-state index contributed by atoms with van der Waals surface area (Å²) in [6.45, 7) is 0. The van der Waals surface area contributed by atoms with E-state index in [1.807, 2.05) is 36.4 Å². The van der Waals surface area contributed by atoms with Gasteiger partial charge in [0.15, 0.2) is 0 Å². The highest BCUT2D eigenvalue weighted by Gasteiger charge is 2.08. The molecule has 0 aliphatic carbocycles. The lowest BCUT2D eigenvalue weighted by atomic mass is 10.3. The summed E-state index contributed by atoms with van der Waals surface area (Å²) in [6.07, 6.45) is 0. The molecule has 2 nitrogen and oxygen atoms in total. The molecule has 0 saturated heterocycles. The van der Waals surface area contributed by atoms with Gasteiger partial charge in [-0.25, -0.2) is 0 Å². The topological polar surface area (TPSA) is 18.5 Å². The Morgan fingerprint density at radius 3 is 1.53 bits per heavy atom. The maximum atomic E-state index is 5.36. The maximum Gasteiger partial charge on any atom is 0.131 e. The first-order valence-electron chi connectivity index (χ1n) is 5.38. The van der Waals surface area contributed by atoms with Crippen LogP contribution in [-0.4, -0.2) is 23.7 Å². The van der Waals surface area contributed by atoms with E-state index in [0.29, 0.717) is 9.52 Å². The first kappa shape index (κ1) is 11.7. The molecule has 2 aromatic rings. The van der Waals surface area contributed by atoms with E-state index in [1.54, 1.807) is 14.2 Å². The number of rotatable bonds is 4. The van der Waals surface area contributed by atoms with Crippen LogP contribution in [0.4, 0.5) is 0 Å². The van der Waals surface area contributed by atoms with Crippen LogP contribution in [0.3, 0.4) is 0 Å². The molecular weight excluding hydrogens is 228 g/mol. The van der Waals surface area contributed by atoms with Gasteiger partial charge >= 0.3 is 0 Å². The Morgan fingerprint density at radius 2 is 1.12 bits per heavy atom. The third-order valence-corrected chi connectivity index (χ3v) is 3.85. The van der Waals surface area contributed by atoms with E-state index in [9.17, 15) is 0 Å². The summed E-state index contributed by atoms with van der Waals surface area (Å²) >= 11 is 0. The molecule has 3 heteroatoms. The lowest BCUT2D eigenvalue weighted by Gasteiger charge is -2.10. The van der Waals surface area contributed by atoms with Crippen LogP contribution in [0.1, 0.15) is 0 Å². The summed E-state index contributed by atoms with van der Waals surface area (Å²) in [6, 6.07) is 16.2. The summed E-state index contributed by atoms with van der Waals surface area (Å²) in [5, 5.41) is 2.39. The van der Waals surface area contributed by atoms with Crippen molar-refractivity contribution in [2.24, 2.45) is 0 Å². The van der Waals surface area contributed by atoms with Crippen molar-refractivity contribution >= 4 is 19.9 Å². The average molecular weight is 242 g/mol. The number of hydrogen-bond donors (Lipinski definition) is 0. The molecule has 2 aromatic carbocycles. The first-order chi connectivity index (χ1) is 8.35. The minimum atomic E-state index is 0.538. The summed E-state index contributed by atoms with van der Waals surface area (Å²) in [4.78, 5) is 0. The summed E-state index contributed by atoms with van der Waals surface area (Å²) in [5.41, 5.74) is 0. The fourth-order valence-electron chi connectivity index (χ4n) is 1.64. The molecule has 0 saturated carbocycles. The van der Waals surface area contributed by atoms with Gasteiger partial charge in [0.2, 0.25) is 0 Å². The monoisotopic (exact) mass is 242 g/mol. The van der Waals surface area contributed by atoms with Crippen molar-refractivity contribution in [3.8, 4) is 11.5 Å². The minimum absolute atomic E-state index is 0.538. The second-order valence-electron chi connectivity index (χ2n) is 3.53. The Morgan fingerprint density at radius 1 is 0.706 bits per heavy atom. The molecule has 17 heavy (non-hydrogen) atoms. The summed E-state index contributed by atoms with van der Waals surface area (Å²) in [5.74, 6) is 1.86. The zero-order valence-electron chi connectivity index (χ0n) is 9.94. The van der Waals surface area contributed by atoms with Gasteiger partial charge in [0.05, 0.1) is 14.2 Å². The molecule has 0 bridgehead atoms. The van der Waals surface area contributed by atoms with E-state index in [1.165, 1.54) is 10.4 Å². The number of para-hydroxylation sites is 2. The fraction of sp³-hybridized carbons (Fsp3) is 0.143. The normalized spacial score (nSPS) is 10.0. The summed E-state index contributed by atoms with van der Waals surface area (Å²) < 4.78 is 10.7. The van der Waals surface area contributed by atoms with E-state index in [4.69, 9.17) is 9.47 Å². The standard InChI is InChI=1S/C14H14O2Si/c1-15-11-7-3-5-9-13(11)17-14-10-6-4-8-12(14)16-2/h3-10H,1-2H3. The van der Waals surface area contributed by atoms with Crippen LogP contribution in [0.25, 0.3) is 0 Å². The van der Waals surface area contributed by atoms with Crippen molar-refractivity contribution < 1.29 is 9.47 Å². The lowest BCUT2D eigenvalue weighted by Crippen LogP contribution is -2.29. The fourth-order valence-corrected chi connectivity index (χ4v) is 2.91. The van der Waals surface area contributed by atoms with E-state index in [-0.39, 0.29) is 0 Å². The Bertz CT molecular complexity index is 452. The molecule has 0 aliphatic rings. The van der Waals surface area contributed by atoms with Crippen molar-refractivity contribution in [1.82, 2.24) is 0 Å². The van der Waals surface area contributed by atoms with E-state index >= 15 is 0 Å². The Hall–Kier alpha value is -1.74. The molecule has 2 radical (unpaired) electrons. The quantitative estimate of drug-likeness (QED) is 0.754. The van der Waals surface area contributed by atoms with Gasteiger partial charge in [0.1, 0.15) is 21.0 Å². The van der Waals surface area contributed by atoms with Gasteiger partial charge in [-0.05, 0) is 22.5 Å². The Kier molecular flexibility index (Phi) is 3.83. The molecular formula is C14H14O2Si. The van der Waals surface area contributed by atoms with Gasteiger partial charge in [0.25, 0.3) is 0 Å². The zero-order valence-corrected chi connectivity index (χ0v) is 10.9. The number of methoxy groups -OCH3 is 2. The van der Waals surface area contributed by atoms with Crippen LogP contribution in [0.15, 0.2) is 48.5 Å². The van der Waals surface area contributed by atoms with Crippen molar-refractivity contribution in [3.05, 3.63) is 48.5 Å². The lowest BCUT2D eigenvalue weighted by molar-refractivity contribution is 0.417. The molecule has 86 valence electrons. The molecule has 2 rings (SSSR count). The summed E-state index contributed by atoms with van der Waals surface area (Å²) in [7, 11) is 3.94. The molecule has 0 aliphatic heterocycles. The van der Waals surface area contributed by atoms with Crippen LogP contribution in [-0.2, 0) is 0 Å². The van der Waals surface area contributed by atoms with Crippen LogP contribution < -0.4 is 19.8 Å². The Labute approximate surface area is 104 Å². The van der Waals surface area contributed by atoms with Crippen molar-refractivity contribution in [1.29, 1.82) is 0 Å². The average Bonchev–Trinajstić information content (AvgIpc) is 2.40. The van der Waals surface area contributed by atoms with Crippen LogP contribution in [0.5, 0.6) is 11.5 Å². The SMILES string of the molecule is COc1ccccc1[Si]c1ccccc1OC. The third-order valence-electron chi connectivity index (χ3n) is 2.48. The van der Waals surface area contributed by atoms with Gasteiger partial charge in [0, 0.05) is 0 Å². The highest BCUT2D eigenvalue weighted by molar-refractivity contribution is 6.69. The molecule has 0 amide bonds. The number of hydrogen-bond acceptors (Lipinski definition) is 2. The zero-order chi connectivity index (χ0) is 12.1. The second-order valence-corrected chi connectivity index (χ2v) is 4.85. The molecule has 0 fully saturated rings. The molecule has 0 spiro atoms. The number of ether oxygens (including phenoxy) is 2. The predicted molar refractivity (Wildman–Crippen MR) is 71.0 cm³/mol.